The zero-order valence-corrected chi connectivity index (χ0v) is 23.7. The van der Waals surface area contributed by atoms with Gasteiger partial charge >= 0.3 is 12.2 Å². The number of rotatable bonds is 10. The maximum atomic E-state index is 13.2. The SMILES string of the molecule is CC(C)COC(=O)NC(CC(C)(C)C(S(=O)O)S(=O)O)C(=O)NC1CCN(C(=O)OC(C)(C)C)CC1. The number of hydrogen-bond acceptors (Lipinski definition) is 7. The molecule has 210 valence electrons. The van der Waals surface area contributed by atoms with Gasteiger partial charge in [-0.15, -0.1) is 0 Å². The van der Waals surface area contributed by atoms with Crippen molar-refractivity contribution in [2.45, 2.75) is 90.0 Å². The highest BCUT2D eigenvalue weighted by Crippen LogP contribution is 2.32. The summed E-state index contributed by atoms with van der Waals surface area (Å²) in [6, 6.07) is -1.48. The van der Waals surface area contributed by atoms with Gasteiger partial charge in [-0.2, -0.15) is 0 Å². The molecule has 36 heavy (non-hydrogen) atoms. The number of carbonyl (C=O) groups excluding carboxylic acids is 3. The molecule has 0 saturated carbocycles. The molecule has 3 unspecified atom stereocenters. The lowest BCUT2D eigenvalue weighted by Crippen LogP contribution is -2.55. The smallest absolute Gasteiger partial charge is 0.410 e. The van der Waals surface area contributed by atoms with Crippen LogP contribution in [0.15, 0.2) is 0 Å². The van der Waals surface area contributed by atoms with Gasteiger partial charge in [0.2, 0.25) is 5.91 Å². The van der Waals surface area contributed by atoms with Gasteiger partial charge in [-0.3, -0.25) is 4.79 Å². The number of hydrogen-bond donors (Lipinski definition) is 4. The molecule has 1 saturated heterocycles. The van der Waals surface area contributed by atoms with Gasteiger partial charge in [-0.1, -0.05) is 27.7 Å². The Hall–Kier alpha value is -1.77. The average molecular weight is 556 g/mol. The largest absolute Gasteiger partial charge is 0.449 e. The number of nitrogens with one attached hydrogen (secondary N) is 2. The van der Waals surface area contributed by atoms with Crippen molar-refractivity contribution in [2.75, 3.05) is 19.7 Å². The number of nitrogens with zero attached hydrogens (tertiary/aromatic N) is 1. The fraction of sp³-hybridized carbons (Fsp3) is 0.864. The number of alkyl carbamates (subject to hydrolysis) is 1. The van der Waals surface area contributed by atoms with Crippen LogP contribution in [-0.2, 0) is 36.4 Å². The van der Waals surface area contributed by atoms with E-state index in [-0.39, 0.29) is 25.0 Å². The first-order valence-corrected chi connectivity index (χ1v) is 14.2. The van der Waals surface area contributed by atoms with Crippen LogP contribution < -0.4 is 10.6 Å². The molecule has 14 heteroatoms. The summed E-state index contributed by atoms with van der Waals surface area (Å²) in [6.45, 7) is 12.8. The minimum absolute atomic E-state index is 0.0626. The number of amides is 3. The molecule has 0 radical (unpaired) electrons. The van der Waals surface area contributed by atoms with E-state index in [4.69, 9.17) is 9.47 Å². The summed E-state index contributed by atoms with van der Waals surface area (Å²) in [6.07, 6.45) is -0.547. The fourth-order valence-electron chi connectivity index (χ4n) is 3.71. The second-order valence-electron chi connectivity index (χ2n) is 11.0. The molecule has 0 bridgehead atoms. The van der Waals surface area contributed by atoms with Crippen LogP contribution in [0.4, 0.5) is 9.59 Å². The Labute approximate surface area is 218 Å². The summed E-state index contributed by atoms with van der Waals surface area (Å²) in [4.78, 5) is 39.3. The van der Waals surface area contributed by atoms with Gasteiger partial charge in [0.05, 0.1) is 6.61 Å². The molecular weight excluding hydrogens is 514 g/mol. The molecule has 1 aliphatic heterocycles. The quantitative estimate of drug-likeness (QED) is 0.295. The normalized spacial score (nSPS) is 18.7. The second kappa shape index (κ2) is 13.7. The standard InChI is InChI=1S/C22H41N3O9S2/c1-14(2)13-33-19(27)24-16(12-22(6,7)18(35(29)30)36(31)32)17(26)23-15-8-10-25(11-9-15)20(28)34-21(3,4)5/h14-16,18H,8-13H2,1-7H3,(H,23,26)(H,24,27)(H,29,30)(H,31,32). The first kappa shape index (κ1) is 32.3. The summed E-state index contributed by atoms with van der Waals surface area (Å²) < 4.78 is 51.5. The molecule has 3 amide bonds. The Morgan fingerprint density at radius 3 is 2.00 bits per heavy atom. The molecule has 12 nitrogen and oxygen atoms in total. The van der Waals surface area contributed by atoms with Crippen LogP contribution in [0.2, 0.25) is 0 Å². The fourth-order valence-corrected chi connectivity index (χ4v) is 5.56. The lowest BCUT2D eigenvalue weighted by Gasteiger charge is -2.35. The Bertz CT molecular complexity index is 808. The first-order valence-electron chi connectivity index (χ1n) is 11.8. The molecule has 1 rings (SSSR count). The zero-order valence-electron chi connectivity index (χ0n) is 22.1. The van der Waals surface area contributed by atoms with E-state index >= 15 is 0 Å². The number of carbonyl (C=O) groups is 3. The van der Waals surface area contributed by atoms with Gasteiger partial charge in [0.1, 0.15) is 11.6 Å². The maximum absolute atomic E-state index is 13.2. The summed E-state index contributed by atoms with van der Waals surface area (Å²) in [7, 11) is 0. The van der Waals surface area contributed by atoms with Crippen molar-refractivity contribution in [1.29, 1.82) is 0 Å². The van der Waals surface area contributed by atoms with E-state index in [0.29, 0.717) is 25.9 Å². The van der Waals surface area contributed by atoms with Crippen molar-refractivity contribution in [3.05, 3.63) is 0 Å². The summed E-state index contributed by atoms with van der Waals surface area (Å²) >= 11 is -5.30. The van der Waals surface area contributed by atoms with Gasteiger partial charge < -0.3 is 34.1 Å². The Morgan fingerprint density at radius 2 is 1.56 bits per heavy atom. The monoisotopic (exact) mass is 555 g/mol. The minimum atomic E-state index is -2.65. The minimum Gasteiger partial charge on any atom is -0.449 e. The summed E-state index contributed by atoms with van der Waals surface area (Å²) in [5.74, 6) is -0.501. The van der Waals surface area contributed by atoms with Gasteiger partial charge in [-0.25, -0.2) is 18.0 Å². The highest BCUT2D eigenvalue weighted by molar-refractivity contribution is 7.97. The van der Waals surface area contributed by atoms with Crippen LogP contribution in [-0.4, -0.2) is 82.5 Å². The second-order valence-corrected chi connectivity index (χ2v) is 13.4. The summed E-state index contributed by atoms with van der Waals surface area (Å²) in [5, 5.41) is 5.34. The predicted molar refractivity (Wildman–Crippen MR) is 136 cm³/mol. The number of ether oxygens (including phenoxy) is 2. The average Bonchev–Trinajstić information content (AvgIpc) is 2.69. The van der Waals surface area contributed by atoms with E-state index in [1.807, 2.05) is 13.8 Å². The zero-order chi connectivity index (χ0) is 27.8. The third-order valence-corrected chi connectivity index (χ3v) is 8.38. The highest BCUT2D eigenvalue weighted by Gasteiger charge is 2.42. The van der Waals surface area contributed by atoms with Gasteiger partial charge in [0.15, 0.2) is 26.7 Å². The molecule has 1 aliphatic rings. The lowest BCUT2D eigenvalue weighted by molar-refractivity contribution is -0.124. The van der Waals surface area contributed by atoms with Crippen molar-refractivity contribution in [3.8, 4) is 0 Å². The molecule has 3 atom stereocenters. The van der Waals surface area contributed by atoms with Gasteiger partial charge in [0, 0.05) is 19.1 Å². The van der Waals surface area contributed by atoms with Crippen molar-refractivity contribution in [1.82, 2.24) is 15.5 Å². The number of likely N-dealkylation sites (tertiary alicyclic amines) is 1. The molecule has 0 aromatic carbocycles. The van der Waals surface area contributed by atoms with E-state index < -0.39 is 61.9 Å². The van der Waals surface area contributed by atoms with Crippen LogP contribution >= 0.6 is 0 Å². The molecule has 0 aliphatic carbocycles. The highest BCUT2D eigenvalue weighted by atomic mass is 32.3. The van der Waals surface area contributed by atoms with Crippen molar-refractivity contribution in [3.63, 3.8) is 0 Å². The van der Waals surface area contributed by atoms with Crippen LogP contribution in [0.5, 0.6) is 0 Å². The van der Waals surface area contributed by atoms with Crippen molar-refractivity contribution in [2.24, 2.45) is 11.3 Å². The van der Waals surface area contributed by atoms with E-state index in [2.05, 4.69) is 10.6 Å². The van der Waals surface area contributed by atoms with Gasteiger partial charge in [0.25, 0.3) is 0 Å². The molecule has 0 aromatic rings. The first-order chi connectivity index (χ1) is 16.4. The maximum Gasteiger partial charge on any atom is 0.410 e. The lowest BCUT2D eigenvalue weighted by atomic mass is 9.87. The molecular formula is C22H41N3O9S2. The number of piperidine rings is 1. The van der Waals surface area contributed by atoms with Crippen LogP contribution in [0, 0.1) is 11.3 Å². The summed E-state index contributed by atoms with van der Waals surface area (Å²) in [5.41, 5.74) is -1.90. The van der Waals surface area contributed by atoms with E-state index in [1.54, 1.807) is 25.7 Å². The van der Waals surface area contributed by atoms with Crippen LogP contribution in [0.1, 0.15) is 67.7 Å². The third kappa shape index (κ3) is 11.1. The Morgan fingerprint density at radius 1 is 1.03 bits per heavy atom. The Balaban J connectivity index is 2.91. The van der Waals surface area contributed by atoms with Crippen LogP contribution in [0.25, 0.3) is 0 Å². The van der Waals surface area contributed by atoms with Crippen LogP contribution in [0.3, 0.4) is 0 Å². The predicted octanol–water partition coefficient (Wildman–Crippen LogP) is 2.44. The molecule has 0 spiro atoms. The Kier molecular flexibility index (Phi) is 12.3. The topological polar surface area (TPSA) is 172 Å². The molecule has 4 N–H and O–H groups in total. The van der Waals surface area contributed by atoms with Gasteiger partial charge in [-0.05, 0) is 51.4 Å². The van der Waals surface area contributed by atoms with Crippen molar-refractivity contribution < 1.29 is 41.4 Å². The molecule has 1 fully saturated rings. The van der Waals surface area contributed by atoms with E-state index in [1.165, 1.54) is 13.8 Å². The van der Waals surface area contributed by atoms with E-state index in [9.17, 15) is 31.9 Å². The van der Waals surface area contributed by atoms with E-state index in [0.717, 1.165) is 0 Å². The molecule has 0 aromatic heterocycles. The molecule has 1 heterocycles. The van der Waals surface area contributed by atoms with Crippen molar-refractivity contribution >= 4 is 40.3 Å². The third-order valence-electron chi connectivity index (χ3n) is 5.38.